The molecule has 3 rings (SSSR count). The van der Waals surface area contributed by atoms with Gasteiger partial charge in [-0.2, -0.15) is 0 Å². The molecule has 0 saturated heterocycles. The van der Waals surface area contributed by atoms with Crippen LogP contribution < -0.4 is 21.3 Å². The van der Waals surface area contributed by atoms with Crippen molar-refractivity contribution in [1.29, 1.82) is 5.41 Å². The van der Waals surface area contributed by atoms with E-state index in [4.69, 9.17) is 14.9 Å². The van der Waals surface area contributed by atoms with Gasteiger partial charge in [0.25, 0.3) is 0 Å². The second-order valence-corrected chi connectivity index (χ2v) is 20.3. The smallest absolute Gasteiger partial charge is 0.413 e. The number of unbranched alkanes of at least 4 members (excludes halogenated alkanes) is 2. The van der Waals surface area contributed by atoms with E-state index in [1.807, 2.05) is 0 Å². The van der Waals surface area contributed by atoms with Gasteiger partial charge < -0.3 is 25.4 Å². The van der Waals surface area contributed by atoms with Gasteiger partial charge in [0.15, 0.2) is 0 Å². The minimum atomic E-state index is -4.19. The van der Waals surface area contributed by atoms with Crippen molar-refractivity contribution >= 4 is 84.0 Å². The van der Waals surface area contributed by atoms with Gasteiger partial charge >= 0.3 is 18.1 Å². The zero-order valence-corrected chi connectivity index (χ0v) is 36.4. The highest BCUT2D eigenvalue weighted by atomic mass is 32.2. The van der Waals surface area contributed by atoms with E-state index in [2.05, 4.69) is 21.3 Å². The highest BCUT2D eigenvalue weighted by molar-refractivity contribution is 8.01. The Morgan fingerprint density at radius 1 is 0.930 bits per heavy atom. The zero-order chi connectivity index (χ0) is 42.6. The Labute approximate surface area is 342 Å². The van der Waals surface area contributed by atoms with Gasteiger partial charge in [-0.15, -0.1) is 23.1 Å². The van der Waals surface area contributed by atoms with Crippen LogP contribution in [0.15, 0.2) is 56.5 Å². The highest BCUT2D eigenvalue weighted by Crippen LogP contribution is 2.40. The second-order valence-electron chi connectivity index (χ2n) is 14.0. The Balaban J connectivity index is 1.92. The van der Waals surface area contributed by atoms with Crippen LogP contribution in [0.3, 0.4) is 0 Å². The number of sulfone groups is 2. The van der Waals surface area contributed by atoms with Gasteiger partial charge in [0, 0.05) is 36.9 Å². The number of hydrogen-bond donors (Lipinski definition) is 5. The molecule has 312 valence electrons. The van der Waals surface area contributed by atoms with Gasteiger partial charge in [-0.05, 0) is 102 Å². The third-order valence-corrected chi connectivity index (χ3v) is 13.2. The molecule has 0 spiro atoms. The quantitative estimate of drug-likeness (QED) is 0.0284. The topological polar surface area (TPSA) is 227 Å². The molecule has 0 aliphatic carbocycles. The number of thioether (sulfide) groups is 1. The van der Waals surface area contributed by atoms with Crippen molar-refractivity contribution in [3.05, 3.63) is 52.9 Å². The van der Waals surface area contributed by atoms with Crippen molar-refractivity contribution in [3.63, 3.8) is 0 Å². The van der Waals surface area contributed by atoms with Gasteiger partial charge in [-0.1, -0.05) is 18.6 Å². The first-order valence-corrected chi connectivity index (χ1v) is 23.7. The molecule has 3 aromatic rings. The summed E-state index contributed by atoms with van der Waals surface area (Å²) in [7, 11) is -7.49. The number of thiophene rings is 1. The molecule has 57 heavy (non-hydrogen) atoms. The molecule has 15 nitrogen and oxygen atoms in total. The zero-order valence-electron chi connectivity index (χ0n) is 33.1. The van der Waals surface area contributed by atoms with Gasteiger partial charge in [0.2, 0.25) is 15.7 Å². The van der Waals surface area contributed by atoms with Crippen molar-refractivity contribution in [2.45, 2.75) is 92.7 Å². The Morgan fingerprint density at radius 3 is 2.30 bits per heavy atom. The molecule has 0 saturated carbocycles. The molecular weight excluding hydrogens is 815 g/mol. The molecule has 5 N–H and O–H groups in total. The summed E-state index contributed by atoms with van der Waals surface area (Å²) >= 11 is 2.21. The summed E-state index contributed by atoms with van der Waals surface area (Å²) in [4.78, 5) is 49.9. The number of amides is 4. The van der Waals surface area contributed by atoms with Crippen LogP contribution in [0.1, 0.15) is 76.7 Å². The molecule has 0 radical (unpaired) electrons. The molecule has 19 heteroatoms. The van der Waals surface area contributed by atoms with E-state index in [1.165, 1.54) is 36.0 Å². The molecule has 0 unspecified atom stereocenters. The maximum atomic E-state index is 14.2. The molecule has 0 bridgehead atoms. The molecule has 1 heterocycles. The maximum Gasteiger partial charge on any atom is 0.413 e. The SMILES string of the molecule is CCOC(=O)CCCCCNC(=O)Nc1cc(C)c(-c2cccc(S(=O)(=O)c3cc(C(=N)NC(=O)OC(C)(C)C)sc3SC)c2)c(NC(=O)CCCS(C)(=O)=O)c1. The number of alkyl carbamates (subject to hydrolysis) is 1. The van der Waals surface area contributed by atoms with E-state index in [-0.39, 0.29) is 50.8 Å². The monoisotopic (exact) mass is 865 g/mol. The summed E-state index contributed by atoms with van der Waals surface area (Å²) in [5.74, 6) is -1.25. The number of carbonyl (C=O) groups excluding carboxylic acids is 4. The number of nitrogens with one attached hydrogen (secondary N) is 5. The Hall–Kier alpha value is -4.46. The molecular formula is C38H51N5O10S4. The lowest BCUT2D eigenvalue weighted by molar-refractivity contribution is -0.143. The van der Waals surface area contributed by atoms with Gasteiger partial charge in [0.05, 0.1) is 36.9 Å². The van der Waals surface area contributed by atoms with Crippen molar-refractivity contribution < 1.29 is 45.5 Å². The molecule has 1 aromatic heterocycles. The Morgan fingerprint density at radius 2 is 1.65 bits per heavy atom. The lowest BCUT2D eigenvalue weighted by Crippen LogP contribution is -2.36. The standard InChI is InChI=1S/C38H51N5O10S4/c1-8-52-32(45)17-10-9-11-18-40-36(46)41-26-20-24(2)33(28(22-26)42-31(44)16-13-19-56(7,48)49)25-14-12-15-27(21-25)57(50,51)30-23-29(55-35(30)54-6)34(39)43-37(47)53-38(3,4)5/h12,14-15,20-23H,8-11,13,16-19H2,1-7H3,(H,42,44)(H2,39,43,47)(H2,40,41,46). The van der Waals surface area contributed by atoms with E-state index in [0.717, 1.165) is 17.6 Å². The van der Waals surface area contributed by atoms with Crippen LogP contribution in [0.2, 0.25) is 0 Å². The number of amidine groups is 1. The number of urea groups is 1. The fourth-order valence-corrected chi connectivity index (χ4v) is 10.1. The summed E-state index contributed by atoms with van der Waals surface area (Å²) in [6.45, 7) is 9.20. The van der Waals surface area contributed by atoms with Crippen LogP contribution >= 0.6 is 23.1 Å². The summed E-state index contributed by atoms with van der Waals surface area (Å²) in [5.41, 5.74) is 1.27. The van der Waals surface area contributed by atoms with E-state index in [0.29, 0.717) is 65.4 Å². The lowest BCUT2D eigenvalue weighted by atomic mass is 9.97. The van der Waals surface area contributed by atoms with Crippen molar-refractivity contribution in [1.82, 2.24) is 10.6 Å². The number of aryl methyl sites for hydroxylation is 1. The number of ether oxygens (including phenoxy) is 2. The summed E-state index contributed by atoms with van der Waals surface area (Å²) < 4.78 is 62.3. The van der Waals surface area contributed by atoms with E-state index < -0.39 is 43.3 Å². The highest BCUT2D eigenvalue weighted by Gasteiger charge is 2.27. The van der Waals surface area contributed by atoms with Crippen molar-refractivity contribution in [3.8, 4) is 11.1 Å². The fraction of sp³-hybridized carbons (Fsp3) is 0.447. The molecule has 0 aliphatic rings. The first-order valence-electron chi connectivity index (χ1n) is 18.1. The van der Waals surface area contributed by atoms with Crippen LogP contribution in [0.25, 0.3) is 11.1 Å². The molecule has 0 atom stereocenters. The summed E-state index contributed by atoms with van der Waals surface area (Å²) in [6.07, 6.45) is 4.19. The third-order valence-electron chi connectivity index (χ3n) is 7.88. The van der Waals surface area contributed by atoms with Gasteiger partial charge in [0.1, 0.15) is 21.3 Å². The Kier molecular flexibility index (Phi) is 17.1. The number of benzene rings is 2. The summed E-state index contributed by atoms with van der Waals surface area (Å²) in [5, 5.41) is 19.1. The Bertz CT molecular complexity index is 2180. The van der Waals surface area contributed by atoms with Crippen molar-refractivity contribution in [2.75, 3.05) is 42.0 Å². The minimum absolute atomic E-state index is 0.0522. The van der Waals surface area contributed by atoms with Crippen LogP contribution in [0, 0.1) is 12.3 Å². The average Bonchev–Trinajstić information content (AvgIpc) is 3.54. The number of esters is 1. The van der Waals surface area contributed by atoms with Crippen LogP contribution in [-0.4, -0.2) is 83.7 Å². The minimum Gasteiger partial charge on any atom is -0.466 e. The largest absolute Gasteiger partial charge is 0.466 e. The first-order chi connectivity index (χ1) is 26.6. The molecule has 2 aromatic carbocycles. The van der Waals surface area contributed by atoms with Crippen molar-refractivity contribution in [2.24, 2.45) is 0 Å². The number of carbonyl (C=O) groups is 4. The molecule has 0 fully saturated rings. The van der Waals surface area contributed by atoms with Gasteiger partial charge in [-0.25, -0.2) is 26.4 Å². The van der Waals surface area contributed by atoms with E-state index in [1.54, 1.807) is 59.1 Å². The number of anilines is 2. The lowest BCUT2D eigenvalue weighted by Gasteiger charge is -2.19. The van der Waals surface area contributed by atoms with Crippen LogP contribution in [0.4, 0.5) is 21.0 Å². The first kappa shape index (κ1) is 46.9. The molecule has 0 aliphatic heterocycles. The van der Waals surface area contributed by atoms with Gasteiger partial charge in [-0.3, -0.25) is 20.3 Å². The van der Waals surface area contributed by atoms with Crippen LogP contribution in [-0.2, 0) is 38.7 Å². The normalized spacial score (nSPS) is 11.7. The average molecular weight is 866 g/mol. The maximum absolute atomic E-state index is 14.2. The predicted octanol–water partition coefficient (Wildman–Crippen LogP) is 7.14. The predicted molar refractivity (Wildman–Crippen MR) is 224 cm³/mol. The summed E-state index contributed by atoms with van der Waals surface area (Å²) in [6, 6.07) is 10.2. The fourth-order valence-electron chi connectivity index (χ4n) is 5.45. The number of rotatable bonds is 18. The second kappa shape index (κ2) is 20.8. The number of hydrogen-bond acceptors (Lipinski definition) is 13. The van der Waals surface area contributed by atoms with E-state index >= 15 is 0 Å². The molecule has 4 amide bonds. The van der Waals surface area contributed by atoms with E-state index in [9.17, 15) is 36.0 Å². The van der Waals surface area contributed by atoms with Crippen LogP contribution in [0.5, 0.6) is 0 Å². The third kappa shape index (κ3) is 15.1.